The van der Waals surface area contributed by atoms with Gasteiger partial charge in [0.2, 0.25) is 0 Å². The number of nitrogens with one attached hydrogen (secondary N) is 1. The summed E-state index contributed by atoms with van der Waals surface area (Å²) in [6.45, 7) is 7.00. The van der Waals surface area contributed by atoms with Crippen molar-refractivity contribution in [3.63, 3.8) is 0 Å². The van der Waals surface area contributed by atoms with E-state index in [1.165, 1.54) is 6.08 Å². The smallest absolute Gasteiger partial charge is 0.255 e. The van der Waals surface area contributed by atoms with Gasteiger partial charge in [-0.2, -0.15) is 0 Å². The Kier molecular flexibility index (Phi) is 5.45. The second-order valence-electron chi connectivity index (χ2n) is 4.44. The van der Waals surface area contributed by atoms with E-state index in [1.54, 1.807) is 38.2 Å². The van der Waals surface area contributed by atoms with Crippen molar-refractivity contribution < 1.29 is 14.7 Å². The number of allylic oxidation sites excluding steroid dienone is 4. The van der Waals surface area contributed by atoms with E-state index >= 15 is 0 Å². The molecule has 1 aliphatic rings. The van der Waals surface area contributed by atoms with Crippen molar-refractivity contribution in [2.24, 2.45) is 5.92 Å². The molecule has 2 unspecified atom stereocenters. The van der Waals surface area contributed by atoms with Crippen molar-refractivity contribution in [2.75, 3.05) is 0 Å². The fourth-order valence-electron chi connectivity index (χ4n) is 1.85. The van der Waals surface area contributed by atoms with Gasteiger partial charge in [0.05, 0.1) is 11.8 Å². The van der Waals surface area contributed by atoms with Gasteiger partial charge in [-0.1, -0.05) is 31.7 Å². The van der Waals surface area contributed by atoms with Crippen molar-refractivity contribution >= 4 is 11.7 Å². The van der Waals surface area contributed by atoms with Gasteiger partial charge in [-0.05, 0) is 25.5 Å². The van der Waals surface area contributed by atoms with Gasteiger partial charge in [-0.25, -0.2) is 0 Å². The van der Waals surface area contributed by atoms with E-state index in [0.717, 1.165) is 0 Å². The number of ketones is 1. The zero-order valence-electron chi connectivity index (χ0n) is 11.2. The maximum atomic E-state index is 12.0. The van der Waals surface area contributed by atoms with Crippen LogP contribution in [-0.4, -0.2) is 22.9 Å². The molecule has 0 aliphatic heterocycles. The first kappa shape index (κ1) is 15.1. The van der Waals surface area contributed by atoms with Crippen LogP contribution in [0, 0.1) is 5.92 Å². The Bertz CT molecular complexity index is 472. The summed E-state index contributed by atoms with van der Waals surface area (Å²) in [7, 11) is 0. The molecule has 0 saturated carbocycles. The molecule has 1 rings (SSSR count). The molecular weight excluding hydrogens is 242 g/mol. The molecule has 1 aliphatic carbocycles. The molecule has 0 fully saturated rings. The van der Waals surface area contributed by atoms with Crippen LogP contribution < -0.4 is 5.32 Å². The third kappa shape index (κ3) is 4.03. The Hall–Kier alpha value is -1.94. The van der Waals surface area contributed by atoms with Crippen molar-refractivity contribution in [2.45, 2.75) is 26.4 Å². The van der Waals surface area contributed by atoms with Crippen LogP contribution in [-0.2, 0) is 9.59 Å². The molecule has 0 aromatic carbocycles. The predicted molar refractivity (Wildman–Crippen MR) is 74.1 cm³/mol. The lowest BCUT2D eigenvalue weighted by Gasteiger charge is -2.22. The lowest BCUT2D eigenvalue weighted by Crippen LogP contribution is -2.35. The Morgan fingerprint density at radius 1 is 1.58 bits per heavy atom. The summed E-state index contributed by atoms with van der Waals surface area (Å²) < 4.78 is 0. The van der Waals surface area contributed by atoms with Crippen LogP contribution in [0.4, 0.5) is 0 Å². The van der Waals surface area contributed by atoms with Gasteiger partial charge < -0.3 is 10.4 Å². The maximum absolute atomic E-state index is 12.0. The van der Waals surface area contributed by atoms with Crippen molar-refractivity contribution in [3.8, 4) is 0 Å². The van der Waals surface area contributed by atoms with Gasteiger partial charge in [-0.15, -0.1) is 0 Å². The topological polar surface area (TPSA) is 66.4 Å². The maximum Gasteiger partial charge on any atom is 0.255 e. The standard InChI is InChI=1S/C15H19NO3/c1-4-6-7-11(5-2)15(19)16-13-9-12(17)8-10(3)14(13)18/h4-7,9-10,12,17H,1,8H2,2-3H3,(H,16,19)/b7-6-,11-5+. The third-order valence-electron chi connectivity index (χ3n) is 2.90. The largest absolute Gasteiger partial charge is 0.389 e. The average Bonchev–Trinajstić information content (AvgIpc) is 2.36. The van der Waals surface area contributed by atoms with Gasteiger partial charge in [-0.3, -0.25) is 9.59 Å². The van der Waals surface area contributed by atoms with E-state index in [9.17, 15) is 14.7 Å². The van der Waals surface area contributed by atoms with Crippen LogP contribution in [0.1, 0.15) is 20.3 Å². The first-order valence-electron chi connectivity index (χ1n) is 6.20. The second-order valence-corrected chi connectivity index (χ2v) is 4.44. The molecule has 1 amide bonds. The number of Topliss-reactive ketones (excluding diaryl/α,β-unsaturated/α-hetero) is 1. The van der Waals surface area contributed by atoms with Crippen LogP contribution in [0.5, 0.6) is 0 Å². The second kappa shape index (κ2) is 6.85. The summed E-state index contributed by atoms with van der Waals surface area (Å²) in [4.78, 5) is 23.9. The Morgan fingerprint density at radius 3 is 2.84 bits per heavy atom. The first-order valence-corrected chi connectivity index (χ1v) is 6.20. The number of hydrogen-bond donors (Lipinski definition) is 2. The first-order chi connectivity index (χ1) is 8.99. The summed E-state index contributed by atoms with van der Waals surface area (Å²) in [6, 6.07) is 0. The van der Waals surface area contributed by atoms with Gasteiger partial charge in [0.1, 0.15) is 0 Å². The molecule has 19 heavy (non-hydrogen) atoms. The lowest BCUT2D eigenvalue weighted by molar-refractivity contribution is -0.123. The number of aliphatic hydroxyl groups excluding tert-OH is 1. The zero-order chi connectivity index (χ0) is 14.4. The summed E-state index contributed by atoms with van der Waals surface area (Å²) in [5.41, 5.74) is 0.601. The minimum Gasteiger partial charge on any atom is -0.389 e. The van der Waals surface area contributed by atoms with E-state index in [0.29, 0.717) is 12.0 Å². The number of rotatable bonds is 4. The fourth-order valence-corrected chi connectivity index (χ4v) is 1.85. The molecule has 102 valence electrons. The molecule has 0 spiro atoms. The fraction of sp³-hybridized carbons (Fsp3) is 0.333. The molecule has 0 aromatic heterocycles. The Labute approximate surface area is 113 Å². The quantitative estimate of drug-likeness (QED) is 0.597. The number of hydrogen-bond acceptors (Lipinski definition) is 3. The highest BCUT2D eigenvalue weighted by atomic mass is 16.3. The van der Waals surface area contributed by atoms with Crippen LogP contribution in [0.15, 0.2) is 48.2 Å². The number of carbonyl (C=O) groups is 2. The highest BCUT2D eigenvalue weighted by Crippen LogP contribution is 2.19. The van der Waals surface area contributed by atoms with E-state index in [1.807, 2.05) is 0 Å². The highest BCUT2D eigenvalue weighted by molar-refractivity contribution is 6.05. The highest BCUT2D eigenvalue weighted by Gasteiger charge is 2.27. The summed E-state index contributed by atoms with van der Waals surface area (Å²) in [6.07, 6.45) is 7.55. The van der Waals surface area contributed by atoms with E-state index in [2.05, 4.69) is 11.9 Å². The van der Waals surface area contributed by atoms with Gasteiger partial charge in [0.15, 0.2) is 5.78 Å². The molecule has 0 radical (unpaired) electrons. The number of carbonyl (C=O) groups excluding carboxylic acids is 2. The molecule has 2 atom stereocenters. The molecular formula is C15H19NO3. The van der Waals surface area contributed by atoms with E-state index < -0.39 is 6.10 Å². The number of amides is 1. The molecule has 0 saturated heterocycles. The van der Waals surface area contributed by atoms with Crippen LogP contribution >= 0.6 is 0 Å². The Balaban J connectivity index is 2.84. The van der Waals surface area contributed by atoms with Gasteiger partial charge in [0.25, 0.3) is 5.91 Å². The zero-order valence-corrected chi connectivity index (χ0v) is 11.2. The Morgan fingerprint density at radius 2 is 2.26 bits per heavy atom. The molecule has 0 heterocycles. The molecule has 0 bridgehead atoms. The normalized spacial score (nSPS) is 24.3. The van der Waals surface area contributed by atoms with Crippen molar-refractivity contribution in [1.29, 1.82) is 0 Å². The number of aliphatic hydroxyl groups is 1. The summed E-state index contributed by atoms with van der Waals surface area (Å²) in [5.74, 6) is -0.809. The lowest BCUT2D eigenvalue weighted by atomic mass is 9.90. The van der Waals surface area contributed by atoms with Gasteiger partial charge in [0, 0.05) is 11.5 Å². The summed E-state index contributed by atoms with van der Waals surface area (Å²) in [5, 5.41) is 12.1. The molecule has 2 N–H and O–H groups in total. The minimum atomic E-state index is -0.694. The van der Waals surface area contributed by atoms with Crippen LogP contribution in [0.2, 0.25) is 0 Å². The molecule has 0 aromatic rings. The molecule has 4 heteroatoms. The van der Waals surface area contributed by atoms with Crippen LogP contribution in [0.25, 0.3) is 0 Å². The van der Waals surface area contributed by atoms with Crippen LogP contribution in [0.3, 0.4) is 0 Å². The van der Waals surface area contributed by atoms with Crippen molar-refractivity contribution in [3.05, 3.63) is 48.2 Å². The predicted octanol–water partition coefficient (Wildman–Crippen LogP) is 1.64. The summed E-state index contributed by atoms with van der Waals surface area (Å²) >= 11 is 0. The average molecular weight is 261 g/mol. The SMILES string of the molecule is C=C/C=C\C(=C/C)C(=O)NC1=CC(O)CC(C)C1=O. The van der Waals surface area contributed by atoms with Crippen molar-refractivity contribution in [1.82, 2.24) is 5.32 Å². The van der Waals surface area contributed by atoms with E-state index in [-0.39, 0.29) is 23.3 Å². The molecule has 4 nitrogen and oxygen atoms in total. The van der Waals surface area contributed by atoms with Gasteiger partial charge >= 0.3 is 0 Å². The minimum absolute atomic E-state index is 0.151. The third-order valence-corrected chi connectivity index (χ3v) is 2.90. The monoisotopic (exact) mass is 261 g/mol. The van der Waals surface area contributed by atoms with E-state index in [4.69, 9.17) is 0 Å².